The third kappa shape index (κ3) is 2.75. The molecule has 0 amide bonds. The summed E-state index contributed by atoms with van der Waals surface area (Å²) in [6, 6.07) is 12.3. The van der Waals surface area contributed by atoms with Gasteiger partial charge in [0, 0.05) is 13.1 Å². The lowest BCUT2D eigenvalue weighted by Crippen LogP contribution is -2.23. The van der Waals surface area contributed by atoms with Gasteiger partial charge in [0.2, 0.25) is 0 Å². The van der Waals surface area contributed by atoms with Gasteiger partial charge >= 0.3 is 5.97 Å². The van der Waals surface area contributed by atoms with Crippen molar-refractivity contribution >= 4 is 11.7 Å². The van der Waals surface area contributed by atoms with Gasteiger partial charge in [-0.2, -0.15) is 0 Å². The van der Waals surface area contributed by atoms with Crippen LogP contribution in [0.1, 0.15) is 27.9 Å². The molecule has 0 aromatic heterocycles. The van der Waals surface area contributed by atoms with Gasteiger partial charge < -0.3 is 10.0 Å². The van der Waals surface area contributed by atoms with Crippen molar-refractivity contribution in [2.45, 2.75) is 19.4 Å². The number of fused-ring (bicyclic) bond motifs is 1. The van der Waals surface area contributed by atoms with Crippen molar-refractivity contribution in [3.63, 3.8) is 0 Å². The third-order valence-corrected chi connectivity index (χ3v) is 3.89. The van der Waals surface area contributed by atoms with Gasteiger partial charge in [-0.3, -0.25) is 0 Å². The Kier molecular flexibility index (Phi) is 3.60. The van der Waals surface area contributed by atoms with E-state index >= 15 is 0 Å². The fourth-order valence-electron chi connectivity index (χ4n) is 2.80. The maximum Gasteiger partial charge on any atom is 0.335 e. The average molecular weight is 285 g/mol. The number of anilines is 1. The molecule has 0 saturated heterocycles. The highest BCUT2D eigenvalue weighted by molar-refractivity contribution is 5.88. The molecule has 108 valence electrons. The second kappa shape index (κ2) is 5.56. The molecule has 0 atom stereocenters. The molecular formula is C17H16FNO2. The van der Waals surface area contributed by atoms with Crippen LogP contribution in [0.2, 0.25) is 0 Å². The van der Waals surface area contributed by atoms with Crippen LogP contribution >= 0.6 is 0 Å². The first-order chi connectivity index (χ1) is 10.1. The van der Waals surface area contributed by atoms with E-state index in [1.807, 2.05) is 17.0 Å². The van der Waals surface area contributed by atoms with E-state index in [0.717, 1.165) is 25.5 Å². The monoisotopic (exact) mass is 285 g/mol. The summed E-state index contributed by atoms with van der Waals surface area (Å²) in [4.78, 5) is 12.9. The number of carboxylic acid groups (broad SMARTS) is 1. The fourth-order valence-corrected chi connectivity index (χ4v) is 2.80. The number of benzene rings is 2. The SMILES string of the molecule is O=C(O)c1ccc(N2CCCc3ccccc3C2)c(F)c1. The van der Waals surface area contributed by atoms with Gasteiger partial charge in [-0.25, -0.2) is 9.18 Å². The zero-order valence-electron chi connectivity index (χ0n) is 11.6. The number of hydrogen-bond donors (Lipinski definition) is 1. The van der Waals surface area contributed by atoms with Crippen LogP contribution in [-0.4, -0.2) is 17.6 Å². The molecule has 2 aromatic carbocycles. The van der Waals surface area contributed by atoms with Crippen LogP contribution in [0, 0.1) is 5.82 Å². The minimum absolute atomic E-state index is 0.0218. The molecule has 0 unspecified atom stereocenters. The molecule has 21 heavy (non-hydrogen) atoms. The summed E-state index contributed by atoms with van der Waals surface area (Å²) in [6.45, 7) is 1.41. The molecule has 3 rings (SSSR count). The van der Waals surface area contributed by atoms with Gasteiger partial charge in [0.05, 0.1) is 11.3 Å². The molecule has 2 aromatic rings. The summed E-state index contributed by atoms with van der Waals surface area (Å²) in [6.07, 6.45) is 1.94. The minimum Gasteiger partial charge on any atom is -0.478 e. The summed E-state index contributed by atoms with van der Waals surface area (Å²) in [5.41, 5.74) is 2.96. The van der Waals surface area contributed by atoms with Gasteiger partial charge in [0.1, 0.15) is 5.82 Å². The van der Waals surface area contributed by atoms with Crippen LogP contribution < -0.4 is 4.90 Å². The zero-order valence-corrected chi connectivity index (χ0v) is 11.6. The number of aryl methyl sites for hydroxylation is 1. The summed E-state index contributed by atoms with van der Waals surface area (Å²) < 4.78 is 14.2. The Hall–Kier alpha value is -2.36. The van der Waals surface area contributed by atoms with Gasteiger partial charge in [-0.1, -0.05) is 24.3 Å². The second-order valence-electron chi connectivity index (χ2n) is 5.27. The molecule has 0 radical (unpaired) electrons. The molecule has 4 heteroatoms. The number of halogens is 1. The quantitative estimate of drug-likeness (QED) is 0.918. The fraction of sp³-hybridized carbons (Fsp3) is 0.235. The van der Waals surface area contributed by atoms with Crippen molar-refractivity contribution in [2.24, 2.45) is 0 Å². The summed E-state index contributed by atoms with van der Waals surface area (Å²) in [5.74, 6) is -1.59. The van der Waals surface area contributed by atoms with Crippen molar-refractivity contribution in [2.75, 3.05) is 11.4 Å². The van der Waals surface area contributed by atoms with Crippen molar-refractivity contribution in [3.05, 3.63) is 65.0 Å². The van der Waals surface area contributed by atoms with Crippen molar-refractivity contribution < 1.29 is 14.3 Å². The van der Waals surface area contributed by atoms with Gasteiger partial charge in [0.15, 0.2) is 0 Å². The maximum atomic E-state index is 14.2. The van der Waals surface area contributed by atoms with Crippen molar-refractivity contribution in [1.29, 1.82) is 0 Å². The Morgan fingerprint density at radius 3 is 2.62 bits per heavy atom. The molecule has 1 N–H and O–H groups in total. The molecule has 3 nitrogen and oxygen atoms in total. The minimum atomic E-state index is -1.11. The Morgan fingerprint density at radius 1 is 1.14 bits per heavy atom. The van der Waals surface area contributed by atoms with Crippen molar-refractivity contribution in [3.8, 4) is 0 Å². The Balaban J connectivity index is 1.92. The van der Waals surface area contributed by atoms with Crippen LogP contribution in [0.4, 0.5) is 10.1 Å². The summed E-state index contributed by atoms with van der Waals surface area (Å²) in [5, 5.41) is 8.91. The van der Waals surface area contributed by atoms with Gasteiger partial charge in [0.25, 0.3) is 0 Å². The van der Waals surface area contributed by atoms with E-state index in [1.165, 1.54) is 17.2 Å². The van der Waals surface area contributed by atoms with Crippen LogP contribution in [0.5, 0.6) is 0 Å². The largest absolute Gasteiger partial charge is 0.478 e. The summed E-state index contributed by atoms with van der Waals surface area (Å²) >= 11 is 0. The number of carbonyl (C=O) groups is 1. The molecule has 1 aliphatic rings. The van der Waals surface area contributed by atoms with E-state index < -0.39 is 11.8 Å². The van der Waals surface area contributed by atoms with Crippen LogP contribution in [0.25, 0.3) is 0 Å². The van der Waals surface area contributed by atoms with Gasteiger partial charge in [-0.05, 0) is 42.2 Å². The first kappa shape index (κ1) is 13.6. The van der Waals surface area contributed by atoms with E-state index in [0.29, 0.717) is 12.2 Å². The molecule has 0 spiro atoms. The number of aromatic carboxylic acids is 1. The topological polar surface area (TPSA) is 40.5 Å². The predicted octanol–water partition coefficient (Wildman–Crippen LogP) is 3.48. The van der Waals surface area contributed by atoms with Gasteiger partial charge in [-0.15, -0.1) is 0 Å². The number of nitrogens with zero attached hydrogens (tertiary/aromatic N) is 1. The number of rotatable bonds is 2. The number of hydrogen-bond acceptors (Lipinski definition) is 2. The standard InChI is InChI=1S/C17H16FNO2/c18-15-10-13(17(20)21)7-8-16(15)19-9-3-6-12-4-1-2-5-14(12)11-19/h1-2,4-5,7-8,10H,3,6,9,11H2,(H,20,21). The lowest BCUT2D eigenvalue weighted by atomic mass is 10.0. The van der Waals surface area contributed by atoms with Crippen LogP contribution in [0.3, 0.4) is 0 Å². The molecular weight excluding hydrogens is 269 g/mol. The highest BCUT2D eigenvalue weighted by Gasteiger charge is 2.18. The van der Waals surface area contributed by atoms with Crippen LogP contribution in [-0.2, 0) is 13.0 Å². The average Bonchev–Trinajstić information content (AvgIpc) is 2.69. The Bertz CT molecular complexity index is 684. The smallest absolute Gasteiger partial charge is 0.335 e. The lowest BCUT2D eigenvalue weighted by molar-refractivity contribution is 0.0696. The molecule has 0 aliphatic carbocycles. The van der Waals surface area contributed by atoms with Crippen LogP contribution in [0.15, 0.2) is 42.5 Å². The zero-order chi connectivity index (χ0) is 14.8. The molecule has 1 aliphatic heterocycles. The maximum absolute atomic E-state index is 14.2. The molecule has 1 heterocycles. The highest BCUT2D eigenvalue weighted by Crippen LogP contribution is 2.26. The van der Waals surface area contributed by atoms with E-state index in [4.69, 9.17) is 5.11 Å². The first-order valence-corrected chi connectivity index (χ1v) is 7.00. The second-order valence-corrected chi connectivity index (χ2v) is 5.27. The van der Waals surface area contributed by atoms with E-state index in [2.05, 4.69) is 12.1 Å². The normalized spacial score (nSPS) is 14.4. The molecule has 0 saturated carbocycles. The van der Waals surface area contributed by atoms with Crippen molar-refractivity contribution in [1.82, 2.24) is 0 Å². The van der Waals surface area contributed by atoms with E-state index in [1.54, 1.807) is 6.07 Å². The first-order valence-electron chi connectivity index (χ1n) is 7.00. The number of carboxylic acids is 1. The predicted molar refractivity (Wildman–Crippen MR) is 79.2 cm³/mol. The van der Waals surface area contributed by atoms with E-state index in [-0.39, 0.29) is 5.56 Å². The third-order valence-electron chi connectivity index (χ3n) is 3.89. The Morgan fingerprint density at radius 2 is 1.90 bits per heavy atom. The van der Waals surface area contributed by atoms with E-state index in [9.17, 15) is 9.18 Å². The summed E-state index contributed by atoms with van der Waals surface area (Å²) in [7, 11) is 0. The Labute approximate surface area is 122 Å². The highest BCUT2D eigenvalue weighted by atomic mass is 19.1. The lowest BCUT2D eigenvalue weighted by Gasteiger charge is -2.24. The molecule has 0 fully saturated rings. The molecule has 0 bridgehead atoms.